The summed E-state index contributed by atoms with van der Waals surface area (Å²) in [6, 6.07) is 16.0. The number of hydrogen-bond acceptors (Lipinski definition) is 2. The summed E-state index contributed by atoms with van der Waals surface area (Å²) in [4.78, 5) is 11.8. The minimum absolute atomic E-state index is 0.447. The van der Waals surface area contributed by atoms with Crippen molar-refractivity contribution in [3.05, 3.63) is 65.2 Å². The van der Waals surface area contributed by atoms with Crippen molar-refractivity contribution in [2.24, 2.45) is 0 Å². The molecular formula is C20H23NO2. The summed E-state index contributed by atoms with van der Waals surface area (Å²) < 4.78 is 5.25. The number of aryl methyl sites for hydroxylation is 1. The summed E-state index contributed by atoms with van der Waals surface area (Å²) in [6.45, 7) is 7.59. The molecule has 0 bridgehead atoms. The lowest BCUT2D eigenvalue weighted by Crippen LogP contribution is -2.27. The number of carbonyl (C=O) groups is 1. The average molecular weight is 309 g/mol. The smallest absolute Gasteiger partial charge is 0.412 e. The van der Waals surface area contributed by atoms with Crippen molar-refractivity contribution in [3.63, 3.8) is 0 Å². The summed E-state index contributed by atoms with van der Waals surface area (Å²) in [5.74, 6) is 0. The maximum Gasteiger partial charge on any atom is 0.412 e. The first-order valence-electron chi connectivity index (χ1n) is 7.67. The molecule has 0 unspecified atom stereocenters. The Hall–Kier alpha value is -2.55. The number of carbonyl (C=O) groups excluding carboxylic acids is 1. The maximum atomic E-state index is 11.8. The molecular weight excluding hydrogens is 286 g/mol. The maximum absolute atomic E-state index is 11.8. The first-order chi connectivity index (χ1) is 10.8. The van der Waals surface area contributed by atoms with Crippen molar-refractivity contribution in [2.75, 3.05) is 5.32 Å². The van der Waals surface area contributed by atoms with Gasteiger partial charge in [0.05, 0.1) is 0 Å². The fourth-order valence-electron chi connectivity index (χ4n) is 2.01. The van der Waals surface area contributed by atoms with Crippen LogP contribution in [0, 0.1) is 6.92 Å². The molecule has 0 spiro atoms. The fourth-order valence-corrected chi connectivity index (χ4v) is 2.01. The van der Waals surface area contributed by atoms with Crippen LogP contribution in [0.5, 0.6) is 0 Å². The zero-order valence-electron chi connectivity index (χ0n) is 14.1. The predicted molar refractivity (Wildman–Crippen MR) is 96.4 cm³/mol. The van der Waals surface area contributed by atoms with E-state index in [-0.39, 0.29) is 0 Å². The largest absolute Gasteiger partial charge is 0.444 e. The van der Waals surface area contributed by atoms with Crippen molar-refractivity contribution in [1.82, 2.24) is 0 Å². The second kappa shape index (κ2) is 7.14. The lowest BCUT2D eigenvalue weighted by atomic mass is 10.1. The fraction of sp³-hybridized carbons (Fsp3) is 0.250. The number of rotatable bonds is 3. The van der Waals surface area contributed by atoms with Gasteiger partial charge in [-0.2, -0.15) is 0 Å². The van der Waals surface area contributed by atoms with Gasteiger partial charge in [-0.15, -0.1) is 0 Å². The monoisotopic (exact) mass is 309 g/mol. The van der Waals surface area contributed by atoms with Crippen LogP contribution in [-0.2, 0) is 4.74 Å². The minimum atomic E-state index is -0.507. The molecule has 1 amide bonds. The van der Waals surface area contributed by atoms with Crippen molar-refractivity contribution in [2.45, 2.75) is 33.3 Å². The average Bonchev–Trinajstić information content (AvgIpc) is 2.45. The molecule has 0 atom stereocenters. The highest BCUT2D eigenvalue weighted by molar-refractivity contribution is 5.85. The van der Waals surface area contributed by atoms with Crippen LogP contribution in [0.3, 0.4) is 0 Å². The standard InChI is InChI=1S/C20H23NO2/c1-15-8-10-16(11-9-15)12-13-17-6-5-7-18(14-17)21-19(22)23-20(2,3)4/h5-14H,1-4H3,(H,21,22)/b13-12+. The molecule has 0 aliphatic rings. The van der Waals surface area contributed by atoms with Gasteiger partial charge in [0.2, 0.25) is 0 Å². The van der Waals surface area contributed by atoms with Crippen LogP contribution < -0.4 is 5.32 Å². The summed E-state index contributed by atoms with van der Waals surface area (Å²) >= 11 is 0. The molecule has 0 fully saturated rings. The van der Waals surface area contributed by atoms with E-state index in [9.17, 15) is 4.79 Å². The Bertz CT molecular complexity index is 694. The molecule has 0 aliphatic heterocycles. The zero-order chi connectivity index (χ0) is 16.9. The normalized spacial score (nSPS) is 11.5. The van der Waals surface area contributed by atoms with Crippen LogP contribution in [0.4, 0.5) is 10.5 Å². The Morgan fingerprint density at radius 3 is 2.30 bits per heavy atom. The molecule has 2 aromatic rings. The first-order valence-corrected chi connectivity index (χ1v) is 7.67. The number of anilines is 1. The van der Waals surface area contributed by atoms with Gasteiger partial charge in [0.15, 0.2) is 0 Å². The molecule has 1 N–H and O–H groups in total. The highest BCUT2D eigenvalue weighted by Gasteiger charge is 2.16. The Morgan fingerprint density at radius 2 is 1.65 bits per heavy atom. The van der Waals surface area contributed by atoms with E-state index in [1.54, 1.807) is 0 Å². The highest BCUT2D eigenvalue weighted by Crippen LogP contribution is 2.16. The molecule has 120 valence electrons. The summed E-state index contributed by atoms with van der Waals surface area (Å²) in [5, 5.41) is 2.75. The Kier molecular flexibility index (Phi) is 5.22. The van der Waals surface area contributed by atoms with Crippen LogP contribution in [0.2, 0.25) is 0 Å². The van der Waals surface area contributed by atoms with Crippen LogP contribution in [0.1, 0.15) is 37.5 Å². The van der Waals surface area contributed by atoms with Crippen molar-refractivity contribution >= 4 is 23.9 Å². The third kappa shape index (κ3) is 5.99. The Balaban J connectivity index is 2.05. The number of benzene rings is 2. The quantitative estimate of drug-likeness (QED) is 0.759. The second-order valence-electron chi connectivity index (χ2n) is 6.50. The lowest BCUT2D eigenvalue weighted by Gasteiger charge is -2.19. The van der Waals surface area contributed by atoms with E-state index in [1.807, 2.05) is 57.2 Å². The van der Waals surface area contributed by atoms with Gasteiger partial charge < -0.3 is 4.74 Å². The number of nitrogens with one attached hydrogen (secondary N) is 1. The lowest BCUT2D eigenvalue weighted by molar-refractivity contribution is 0.0636. The minimum Gasteiger partial charge on any atom is -0.444 e. The summed E-state index contributed by atoms with van der Waals surface area (Å²) in [5.41, 5.74) is 3.60. The van der Waals surface area contributed by atoms with Gasteiger partial charge in [0, 0.05) is 5.69 Å². The summed E-state index contributed by atoms with van der Waals surface area (Å²) in [7, 11) is 0. The molecule has 0 radical (unpaired) electrons. The molecule has 0 saturated carbocycles. The third-order valence-corrected chi connectivity index (χ3v) is 3.08. The second-order valence-corrected chi connectivity index (χ2v) is 6.50. The van der Waals surface area contributed by atoms with Gasteiger partial charge in [-0.05, 0) is 51.0 Å². The van der Waals surface area contributed by atoms with Crippen LogP contribution >= 0.6 is 0 Å². The van der Waals surface area contributed by atoms with Gasteiger partial charge in [0.25, 0.3) is 0 Å². The van der Waals surface area contributed by atoms with Crippen LogP contribution in [0.25, 0.3) is 12.2 Å². The number of amides is 1. The summed E-state index contributed by atoms with van der Waals surface area (Å²) in [6.07, 6.45) is 3.62. The van der Waals surface area contributed by atoms with Crippen molar-refractivity contribution < 1.29 is 9.53 Å². The van der Waals surface area contributed by atoms with Crippen LogP contribution in [0.15, 0.2) is 48.5 Å². The Morgan fingerprint density at radius 1 is 1.00 bits per heavy atom. The molecule has 23 heavy (non-hydrogen) atoms. The van der Waals surface area contributed by atoms with E-state index in [0.717, 1.165) is 11.1 Å². The van der Waals surface area contributed by atoms with Crippen molar-refractivity contribution in [1.29, 1.82) is 0 Å². The topological polar surface area (TPSA) is 38.3 Å². The Labute approximate surface area is 138 Å². The highest BCUT2D eigenvalue weighted by atomic mass is 16.6. The van der Waals surface area contributed by atoms with Gasteiger partial charge in [-0.25, -0.2) is 4.79 Å². The molecule has 2 rings (SSSR count). The van der Waals surface area contributed by atoms with E-state index in [1.165, 1.54) is 5.56 Å². The molecule has 0 aromatic heterocycles. The number of ether oxygens (including phenoxy) is 1. The zero-order valence-corrected chi connectivity index (χ0v) is 14.1. The van der Waals surface area contributed by atoms with E-state index in [0.29, 0.717) is 5.69 Å². The van der Waals surface area contributed by atoms with Gasteiger partial charge in [0.1, 0.15) is 5.60 Å². The van der Waals surface area contributed by atoms with Gasteiger partial charge in [-0.3, -0.25) is 5.32 Å². The molecule has 2 aromatic carbocycles. The first kappa shape index (κ1) is 16.8. The number of hydrogen-bond donors (Lipinski definition) is 1. The molecule has 3 nitrogen and oxygen atoms in total. The SMILES string of the molecule is Cc1ccc(/C=C/c2cccc(NC(=O)OC(C)(C)C)c2)cc1. The molecule has 0 aliphatic carbocycles. The van der Waals surface area contributed by atoms with E-state index in [2.05, 4.69) is 36.5 Å². The van der Waals surface area contributed by atoms with Gasteiger partial charge in [-0.1, -0.05) is 54.1 Å². The van der Waals surface area contributed by atoms with Crippen LogP contribution in [-0.4, -0.2) is 11.7 Å². The molecule has 0 saturated heterocycles. The predicted octanol–water partition coefficient (Wildman–Crippen LogP) is 5.51. The third-order valence-electron chi connectivity index (χ3n) is 3.08. The molecule has 3 heteroatoms. The molecule has 0 heterocycles. The van der Waals surface area contributed by atoms with E-state index < -0.39 is 11.7 Å². The van der Waals surface area contributed by atoms with Gasteiger partial charge >= 0.3 is 6.09 Å². The van der Waals surface area contributed by atoms with E-state index >= 15 is 0 Å². The van der Waals surface area contributed by atoms with Crippen molar-refractivity contribution in [3.8, 4) is 0 Å². The van der Waals surface area contributed by atoms with E-state index in [4.69, 9.17) is 4.74 Å².